The lowest BCUT2D eigenvalue weighted by molar-refractivity contribution is -0.387. The summed E-state index contributed by atoms with van der Waals surface area (Å²) in [4.78, 5) is 34.4. The number of carbonyl (C=O) groups is 2. The van der Waals surface area contributed by atoms with Gasteiger partial charge in [0.2, 0.25) is 0 Å². The Morgan fingerprint density at radius 3 is 2.44 bits per heavy atom. The van der Waals surface area contributed by atoms with Gasteiger partial charge in [0.05, 0.1) is 15.4 Å². The molecule has 0 aliphatic carbocycles. The largest absolute Gasteiger partial charge is 0.449 e. The monoisotopic (exact) mass is 364 g/mol. The molecular formula is C16H13FN2O5S. The Hall–Kier alpha value is -2.94. The third kappa shape index (κ3) is 4.77. The molecule has 2 aromatic rings. The van der Waals surface area contributed by atoms with Gasteiger partial charge in [-0.3, -0.25) is 14.9 Å². The first-order chi connectivity index (χ1) is 11.8. The number of nitrogens with zero attached hydrogens (tertiary/aromatic N) is 1. The second-order valence-corrected chi connectivity index (χ2v) is 6.06. The molecule has 2 rings (SSSR count). The number of nitrogens with two attached hydrogens (primary N) is 1. The van der Waals surface area contributed by atoms with Crippen LogP contribution in [0.3, 0.4) is 0 Å². The summed E-state index contributed by atoms with van der Waals surface area (Å²) in [5.41, 5.74) is 4.62. The number of carbonyl (C=O) groups excluding carboxylic acids is 2. The van der Waals surface area contributed by atoms with E-state index >= 15 is 0 Å². The molecule has 0 spiro atoms. The number of esters is 1. The van der Waals surface area contributed by atoms with Gasteiger partial charge in [-0.25, -0.2) is 9.18 Å². The van der Waals surface area contributed by atoms with E-state index in [1.807, 2.05) is 0 Å². The van der Waals surface area contributed by atoms with Crippen molar-refractivity contribution in [3.63, 3.8) is 0 Å². The van der Waals surface area contributed by atoms with Gasteiger partial charge in [-0.05, 0) is 43.3 Å². The summed E-state index contributed by atoms with van der Waals surface area (Å²) < 4.78 is 17.8. The fraction of sp³-hybridized carbons (Fsp3) is 0.125. The second-order valence-electron chi connectivity index (χ2n) is 4.95. The van der Waals surface area contributed by atoms with Gasteiger partial charge in [0.15, 0.2) is 6.10 Å². The Morgan fingerprint density at radius 2 is 1.88 bits per heavy atom. The summed E-state index contributed by atoms with van der Waals surface area (Å²) in [7, 11) is 0. The lowest BCUT2D eigenvalue weighted by atomic mass is 10.2. The summed E-state index contributed by atoms with van der Waals surface area (Å²) in [6.45, 7) is 1.30. The van der Waals surface area contributed by atoms with Crippen molar-refractivity contribution in [1.29, 1.82) is 0 Å². The molecule has 0 saturated heterocycles. The molecular weight excluding hydrogens is 351 g/mol. The lowest BCUT2D eigenvalue weighted by Gasteiger charge is -2.10. The SMILES string of the molecule is C[C@H](OC(=O)c1ccc(Sc2ccc(F)cc2)c([N+](=O)[O-])c1)C(N)=O. The number of halogens is 1. The van der Waals surface area contributed by atoms with Gasteiger partial charge in [0, 0.05) is 11.0 Å². The summed E-state index contributed by atoms with van der Waals surface area (Å²) >= 11 is 1.06. The molecule has 1 amide bonds. The maximum Gasteiger partial charge on any atom is 0.339 e. The zero-order chi connectivity index (χ0) is 18.6. The minimum absolute atomic E-state index is 0.0803. The van der Waals surface area contributed by atoms with Crippen LogP contribution < -0.4 is 5.73 Å². The first-order valence-corrected chi connectivity index (χ1v) is 7.81. The maximum absolute atomic E-state index is 12.9. The molecule has 9 heteroatoms. The van der Waals surface area contributed by atoms with Gasteiger partial charge in [-0.2, -0.15) is 0 Å². The molecule has 0 aromatic heterocycles. The van der Waals surface area contributed by atoms with Gasteiger partial charge in [0.1, 0.15) is 5.82 Å². The number of primary amides is 1. The molecule has 25 heavy (non-hydrogen) atoms. The molecule has 2 aromatic carbocycles. The van der Waals surface area contributed by atoms with E-state index in [9.17, 15) is 24.1 Å². The molecule has 1 atom stereocenters. The fourth-order valence-electron chi connectivity index (χ4n) is 1.79. The van der Waals surface area contributed by atoms with E-state index in [4.69, 9.17) is 10.5 Å². The maximum atomic E-state index is 12.9. The highest BCUT2D eigenvalue weighted by atomic mass is 32.2. The Labute approximate surface area is 146 Å². The van der Waals surface area contributed by atoms with Crippen LogP contribution in [-0.4, -0.2) is 22.9 Å². The Bertz CT molecular complexity index is 826. The molecule has 0 saturated carbocycles. The molecule has 130 valence electrons. The summed E-state index contributed by atoms with van der Waals surface area (Å²) in [6, 6.07) is 9.24. The molecule has 0 bridgehead atoms. The van der Waals surface area contributed by atoms with Crippen LogP contribution >= 0.6 is 11.8 Å². The second kappa shape index (κ2) is 7.75. The normalized spacial score (nSPS) is 11.6. The van der Waals surface area contributed by atoms with Crippen molar-refractivity contribution in [1.82, 2.24) is 0 Å². The smallest absolute Gasteiger partial charge is 0.339 e. The quantitative estimate of drug-likeness (QED) is 0.479. The molecule has 0 unspecified atom stereocenters. The average Bonchev–Trinajstić information content (AvgIpc) is 2.56. The molecule has 7 nitrogen and oxygen atoms in total. The van der Waals surface area contributed by atoms with E-state index < -0.39 is 28.7 Å². The molecule has 0 aliphatic rings. The molecule has 0 aliphatic heterocycles. The molecule has 2 N–H and O–H groups in total. The highest BCUT2D eigenvalue weighted by molar-refractivity contribution is 7.99. The van der Waals surface area contributed by atoms with E-state index in [1.165, 1.54) is 43.3 Å². The van der Waals surface area contributed by atoms with Crippen LogP contribution in [0.5, 0.6) is 0 Å². The number of rotatable bonds is 6. The first-order valence-electron chi connectivity index (χ1n) is 7.00. The van der Waals surface area contributed by atoms with Gasteiger partial charge in [-0.1, -0.05) is 11.8 Å². The van der Waals surface area contributed by atoms with Crippen LogP contribution in [0, 0.1) is 15.9 Å². The highest BCUT2D eigenvalue weighted by Gasteiger charge is 2.21. The number of hydrogen-bond donors (Lipinski definition) is 1. The number of benzene rings is 2. The van der Waals surface area contributed by atoms with Gasteiger partial charge in [0.25, 0.3) is 11.6 Å². The van der Waals surface area contributed by atoms with Crippen LogP contribution in [0.15, 0.2) is 52.3 Å². The van der Waals surface area contributed by atoms with Gasteiger partial charge < -0.3 is 10.5 Å². The summed E-state index contributed by atoms with van der Waals surface area (Å²) in [6.07, 6.45) is -1.15. The standard InChI is InChI=1S/C16H13FN2O5S/c1-9(15(18)20)24-16(21)10-2-7-14(13(8-10)19(22)23)25-12-5-3-11(17)4-6-12/h2-9H,1H3,(H2,18,20)/t9-/m0/s1. The van der Waals surface area contributed by atoms with Gasteiger partial charge >= 0.3 is 5.97 Å². The predicted molar refractivity (Wildman–Crippen MR) is 87.7 cm³/mol. The number of nitro benzene ring substituents is 1. The van der Waals surface area contributed by atoms with Gasteiger partial charge in [-0.15, -0.1) is 0 Å². The minimum atomic E-state index is -1.15. The highest BCUT2D eigenvalue weighted by Crippen LogP contribution is 2.35. The van der Waals surface area contributed by atoms with Crippen molar-refractivity contribution in [2.45, 2.75) is 22.8 Å². The predicted octanol–water partition coefficient (Wildman–Crippen LogP) is 2.92. The van der Waals surface area contributed by atoms with Crippen LogP contribution in [0.1, 0.15) is 17.3 Å². The third-order valence-electron chi connectivity index (χ3n) is 3.12. The van der Waals surface area contributed by atoms with E-state index in [0.29, 0.717) is 4.90 Å². The van der Waals surface area contributed by atoms with Crippen LogP contribution in [0.2, 0.25) is 0 Å². The van der Waals surface area contributed by atoms with Crippen molar-refractivity contribution >= 4 is 29.3 Å². The first kappa shape index (κ1) is 18.4. The van der Waals surface area contributed by atoms with Crippen molar-refractivity contribution < 1.29 is 23.6 Å². The van der Waals surface area contributed by atoms with Crippen LogP contribution in [0.4, 0.5) is 10.1 Å². The molecule has 0 heterocycles. The van der Waals surface area contributed by atoms with Crippen molar-refractivity contribution in [2.75, 3.05) is 0 Å². The number of ether oxygens (including phenoxy) is 1. The zero-order valence-electron chi connectivity index (χ0n) is 13.0. The third-order valence-corrected chi connectivity index (χ3v) is 4.19. The van der Waals surface area contributed by atoms with Crippen LogP contribution in [0.25, 0.3) is 0 Å². The summed E-state index contributed by atoms with van der Waals surface area (Å²) in [5, 5.41) is 11.3. The fourth-order valence-corrected chi connectivity index (χ4v) is 2.69. The van der Waals surface area contributed by atoms with Crippen molar-refractivity contribution in [2.24, 2.45) is 5.73 Å². The Balaban J connectivity index is 2.28. The number of amides is 1. The van der Waals surface area contributed by atoms with E-state index in [1.54, 1.807) is 0 Å². The van der Waals surface area contributed by atoms with Crippen molar-refractivity contribution in [3.8, 4) is 0 Å². The number of hydrogen-bond acceptors (Lipinski definition) is 6. The molecule has 0 fully saturated rings. The number of nitro groups is 1. The van der Waals surface area contributed by atoms with E-state index in [2.05, 4.69) is 0 Å². The minimum Gasteiger partial charge on any atom is -0.449 e. The molecule has 0 radical (unpaired) electrons. The lowest BCUT2D eigenvalue weighted by Crippen LogP contribution is -2.30. The van der Waals surface area contributed by atoms with E-state index in [-0.39, 0.29) is 16.1 Å². The Kier molecular flexibility index (Phi) is 5.71. The van der Waals surface area contributed by atoms with Crippen molar-refractivity contribution in [3.05, 3.63) is 64.0 Å². The Morgan fingerprint density at radius 1 is 1.24 bits per heavy atom. The van der Waals surface area contributed by atoms with E-state index in [0.717, 1.165) is 17.8 Å². The average molecular weight is 364 g/mol. The zero-order valence-corrected chi connectivity index (χ0v) is 13.8. The topological polar surface area (TPSA) is 113 Å². The summed E-state index contributed by atoms with van der Waals surface area (Å²) in [5.74, 6) is -2.14. The van der Waals surface area contributed by atoms with Crippen LogP contribution in [-0.2, 0) is 9.53 Å².